The number of rotatable bonds is 11. The van der Waals surface area contributed by atoms with Crippen LogP contribution in [0.1, 0.15) is 53.4 Å². The molecule has 218 valence electrons. The molecule has 17 heteroatoms. The lowest BCUT2D eigenvalue weighted by Gasteiger charge is -2.30. The summed E-state index contributed by atoms with van der Waals surface area (Å²) in [6.45, 7) is 6.57. The highest BCUT2D eigenvalue weighted by atomic mass is 32.8. The molecule has 2 N–H and O–H groups in total. The van der Waals surface area contributed by atoms with Gasteiger partial charge in [0, 0.05) is 37.5 Å². The van der Waals surface area contributed by atoms with Gasteiger partial charge in [-0.15, -0.1) is 0 Å². The van der Waals surface area contributed by atoms with E-state index in [1.54, 1.807) is 20.8 Å². The van der Waals surface area contributed by atoms with Crippen LogP contribution in [0.4, 0.5) is 9.59 Å². The zero-order valence-electron chi connectivity index (χ0n) is 22.4. The lowest BCUT2D eigenvalue weighted by Crippen LogP contribution is -2.61. The van der Waals surface area contributed by atoms with Crippen molar-refractivity contribution in [1.29, 1.82) is 0 Å². The van der Waals surface area contributed by atoms with E-state index in [-0.39, 0.29) is 5.92 Å². The summed E-state index contributed by atoms with van der Waals surface area (Å²) in [7, 11) is -13.8. The molecule has 1 aliphatic rings. The molecule has 1 fully saturated rings. The second-order valence-electron chi connectivity index (χ2n) is 10.4. The molecular formula is C20H40N2O11S3Si. The van der Waals surface area contributed by atoms with Gasteiger partial charge in [-0.2, -0.15) is 0 Å². The van der Waals surface area contributed by atoms with E-state index in [2.05, 4.69) is 10.6 Å². The molecule has 3 atom stereocenters. The predicted molar refractivity (Wildman–Crippen MR) is 140 cm³/mol. The first-order valence-corrected chi connectivity index (χ1v) is 21.6. The molecule has 2 amide bonds. The van der Waals surface area contributed by atoms with Crippen LogP contribution < -0.4 is 10.6 Å². The Kier molecular flexibility index (Phi) is 11.5. The number of carbonyl (C=O) groups is 2. The van der Waals surface area contributed by atoms with E-state index in [1.165, 1.54) is 0 Å². The average molecular weight is 609 g/mol. The summed E-state index contributed by atoms with van der Waals surface area (Å²) in [6, 6.07) is 0. The molecule has 13 nitrogen and oxygen atoms in total. The van der Waals surface area contributed by atoms with Gasteiger partial charge in [-0.05, 0) is 52.4 Å². The van der Waals surface area contributed by atoms with Gasteiger partial charge in [-0.25, -0.2) is 34.8 Å². The van der Waals surface area contributed by atoms with Crippen LogP contribution in [0.5, 0.6) is 0 Å². The van der Waals surface area contributed by atoms with Gasteiger partial charge in [-0.3, -0.25) is 0 Å². The fraction of sp³-hybridized carbons (Fsp3) is 0.900. The molecular weight excluding hydrogens is 569 g/mol. The third kappa shape index (κ3) is 9.37. The third-order valence-corrected chi connectivity index (χ3v) is 39.5. The Bertz CT molecular complexity index is 1050. The van der Waals surface area contributed by atoms with Gasteiger partial charge in [0.05, 0.1) is 6.61 Å². The van der Waals surface area contributed by atoms with Gasteiger partial charge in [0.2, 0.25) is 0 Å². The zero-order chi connectivity index (χ0) is 28.9. The van der Waals surface area contributed by atoms with Crippen molar-refractivity contribution in [2.45, 2.75) is 70.7 Å². The van der Waals surface area contributed by atoms with Crippen molar-refractivity contribution in [2.75, 3.05) is 38.6 Å². The smallest absolute Gasteiger partial charge is 0.449 e. The lowest BCUT2D eigenvalue weighted by atomic mass is 9.96. The van der Waals surface area contributed by atoms with E-state index in [9.17, 15) is 34.8 Å². The monoisotopic (exact) mass is 608 g/mol. The van der Waals surface area contributed by atoms with Gasteiger partial charge in [0.15, 0.2) is 27.9 Å². The molecule has 1 aliphatic heterocycles. The van der Waals surface area contributed by atoms with Crippen molar-refractivity contribution in [2.24, 2.45) is 5.92 Å². The minimum atomic E-state index is -5.19. The van der Waals surface area contributed by atoms with E-state index in [1.807, 2.05) is 0 Å². The van der Waals surface area contributed by atoms with E-state index < -0.39 is 69.5 Å². The third-order valence-electron chi connectivity index (χ3n) is 5.72. The molecule has 0 aromatic carbocycles. The van der Waals surface area contributed by atoms with Crippen molar-refractivity contribution in [3.05, 3.63) is 0 Å². The van der Waals surface area contributed by atoms with Crippen LogP contribution in [-0.2, 0) is 42.1 Å². The molecule has 3 unspecified atom stereocenters. The molecule has 0 aromatic heterocycles. The number of hydrogen-bond donors (Lipinski definition) is 2. The summed E-state index contributed by atoms with van der Waals surface area (Å²) in [4.78, 5) is 24.9. The summed E-state index contributed by atoms with van der Waals surface area (Å²) in [6.07, 6.45) is 1.60. The second kappa shape index (κ2) is 12.6. The quantitative estimate of drug-likeness (QED) is 0.254. The number of carbonyl (C=O) groups excluding carboxylic acids is 2. The highest BCUT2D eigenvalue weighted by molar-refractivity contribution is 8.73. The molecule has 1 heterocycles. The topological polar surface area (TPSA) is 188 Å². The predicted octanol–water partition coefficient (Wildman–Crippen LogP) is 1.23. The Morgan fingerprint density at radius 1 is 0.973 bits per heavy atom. The van der Waals surface area contributed by atoms with Crippen molar-refractivity contribution in [1.82, 2.24) is 10.6 Å². The Morgan fingerprint density at radius 2 is 1.49 bits per heavy atom. The van der Waals surface area contributed by atoms with Gasteiger partial charge < -0.3 is 24.8 Å². The summed E-state index contributed by atoms with van der Waals surface area (Å²) in [5.41, 5.74) is -7.52. The number of amides is 2. The largest absolute Gasteiger partial charge is 0.458 e. The summed E-state index contributed by atoms with van der Waals surface area (Å²) < 4.78 is 91.1. The molecule has 0 saturated carbocycles. The van der Waals surface area contributed by atoms with Crippen LogP contribution in [0.3, 0.4) is 0 Å². The normalized spacial score (nSPS) is 19.4. The lowest BCUT2D eigenvalue weighted by molar-refractivity contribution is 0.0434. The fourth-order valence-corrected chi connectivity index (χ4v) is 35.6. The zero-order valence-corrected chi connectivity index (χ0v) is 25.8. The molecule has 0 spiro atoms. The van der Waals surface area contributed by atoms with Gasteiger partial charge in [0.1, 0.15) is 11.8 Å². The highest BCUT2D eigenvalue weighted by Gasteiger charge is 2.68. The van der Waals surface area contributed by atoms with Crippen LogP contribution in [0, 0.1) is 5.92 Å². The molecule has 0 aliphatic carbocycles. The van der Waals surface area contributed by atoms with Crippen molar-refractivity contribution < 1.29 is 49.1 Å². The maximum Gasteiger partial charge on any atom is 0.458 e. The molecule has 0 radical (unpaired) electrons. The standard InChI is InChI=1S/C20H40N2O11S3Si/c1-15(37(34(5,25)26,35(6,27)28)36(7,29)30)13-32-18(23)21-17(22-19(24)33-20(2,3)4)11-10-16-9-8-12-31-14-16/h15-17H,8-14H2,1-7H3,(H,21,23)(H,22,24). The van der Waals surface area contributed by atoms with E-state index in [0.717, 1.165) is 19.8 Å². The first-order valence-electron chi connectivity index (χ1n) is 11.7. The van der Waals surface area contributed by atoms with E-state index in [4.69, 9.17) is 14.2 Å². The van der Waals surface area contributed by atoms with Gasteiger partial charge in [0.25, 0.3) is 0 Å². The summed E-state index contributed by atoms with van der Waals surface area (Å²) in [5, 5.41) is 4.99. The second-order valence-corrected chi connectivity index (χ2v) is 32.0. The van der Waals surface area contributed by atoms with Crippen LogP contribution in [0.25, 0.3) is 0 Å². The summed E-state index contributed by atoms with van der Waals surface area (Å²) >= 11 is 0. The molecule has 1 rings (SSSR count). The Labute approximate surface area is 220 Å². The van der Waals surface area contributed by atoms with E-state index in [0.29, 0.717) is 44.8 Å². The van der Waals surface area contributed by atoms with Crippen LogP contribution >= 0.6 is 0 Å². The first-order chi connectivity index (χ1) is 16.6. The highest BCUT2D eigenvalue weighted by Crippen LogP contribution is 2.36. The molecule has 37 heavy (non-hydrogen) atoms. The SMILES string of the molecule is CC(COC(=O)NC(CCC1CCCOC1)NC(=O)OC(C)(C)C)[Si](S(C)(=O)=O)(S(C)(=O)=O)S(C)(=O)=O. The van der Waals surface area contributed by atoms with Crippen LogP contribution in [0.2, 0.25) is 5.54 Å². The molecule has 0 aromatic rings. The number of nitrogens with one attached hydrogen (secondary N) is 2. The minimum Gasteiger partial charge on any atom is -0.449 e. The minimum absolute atomic E-state index is 0.223. The fourth-order valence-electron chi connectivity index (χ4n) is 4.48. The first kappa shape index (κ1) is 33.6. The maximum atomic E-state index is 12.6. The average Bonchev–Trinajstić information content (AvgIpc) is 2.66. The van der Waals surface area contributed by atoms with E-state index >= 15 is 0 Å². The Morgan fingerprint density at radius 3 is 1.92 bits per heavy atom. The van der Waals surface area contributed by atoms with Gasteiger partial charge in [-0.1, -0.05) is 6.92 Å². The number of hydrogen-bond acceptors (Lipinski definition) is 11. The molecule has 0 bridgehead atoms. The number of alkyl carbamates (subject to hydrolysis) is 2. The van der Waals surface area contributed by atoms with Gasteiger partial charge >= 0.3 is 17.7 Å². The van der Waals surface area contributed by atoms with Crippen LogP contribution in [0.15, 0.2) is 0 Å². The summed E-state index contributed by atoms with van der Waals surface area (Å²) in [5.74, 6) is 0.223. The van der Waals surface area contributed by atoms with Crippen molar-refractivity contribution >= 4 is 45.6 Å². The molecule has 1 saturated heterocycles. The number of ether oxygens (including phenoxy) is 3. The maximum absolute atomic E-state index is 12.6. The Balaban J connectivity index is 3.02. The van der Waals surface area contributed by atoms with Crippen molar-refractivity contribution in [3.63, 3.8) is 0 Å². The van der Waals surface area contributed by atoms with Crippen LogP contribution in [-0.4, -0.2) is 93.3 Å². The van der Waals surface area contributed by atoms with Crippen molar-refractivity contribution in [3.8, 4) is 0 Å². The Hall–Kier alpha value is -1.43.